The normalized spacial score (nSPS) is 15.8. The molecule has 1 fully saturated rings. The number of likely N-dealkylation sites (tertiary alicyclic amines) is 1. The third-order valence-corrected chi connectivity index (χ3v) is 6.37. The third-order valence-electron chi connectivity index (χ3n) is 5.25. The molecule has 156 valence electrons. The molecule has 3 aromatic rings. The predicted molar refractivity (Wildman–Crippen MR) is 123 cm³/mol. The number of para-hydroxylation sites is 1. The van der Waals surface area contributed by atoms with Crippen LogP contribution in [-0.4, -0.2) is 45.6 Å². The summed E-state index contributed by atoms with van der Waals surface area (Å²) in [5, 5.41) is 18.6. The summed E-state index contributed by atoms with van der Waals surface area (Å²) in [6.45, 7) is 5.50. The molecule has 1 aromatic heterocycles. The van der Waals surface area contributed by atoms with E-state index in [1.54, 1.807) is 17.8 Å². The average molecular weight is 422 g/mol. The van der Waals surface area contributed by atoms with Gasteiger partial charge in [0.05, 0.1) is 0 Å². The molecule has 0 aliphatic carbocycles. The van der Waals surface area contributed by atoms with Crippen LogP contribution in [0.5, 0.6) is 5.75 Å². The minimum absolute atomic E-state index is 0.190. The lowest BCUT2D eigenvalue weighted by molar-refractivity contribution is 0.378. The van der Waals surface area contributed by atoms with Gasteiger partial charge in [0.25, 0.3) is 0 Å². The van der Waals surface area contributed by atoms with E-state index in [2.05, 4.69) is 46.3 Å². The number of phenolic OH excluding ortho intramolecular Hbond substituents is 1. The molecular formula is C24H27N3O2S. The van der Waals surface area contributed by atoms with Gasteiger partial charge in [0.2, 0.25) is 11.8 Å². The van der Waals surface area contributed by atoms with Crippen molar-refractivity contribution in [1.82, 2.24) is 15.1 Å². The van der Waals surface area contributed by atoms with Crippen molar-refractivity contribution in [2.75, 3.05) is 25.4 Å². The minimum atomic E-state index is -0.190. The standard InChI is InChI=1S/C24H27N3O2S/c1-2-30-22(20-9-3-4-10-21(20)28)24-26-25-23(29-24)19-13-11-18(12-14-19)8-7-17-27-15-5-6-16-27/h3-4,7-14,22,28H,2,5-6,15-17H2,1H3. The van der Waals surface area contributed by atoms with E-state index in [9.17, 15) is 5.11 Å². The van der Waals surface area contributed by atoms with Gasteiger partial charge in [-0.15, -0.1) is 22.0 Å². The summed E-state index contributed by atoms with van der Waals surface area (Å²) < 4.78 is 6.00. The zero-order valence-corrected chi connectivity index (χ0v) is 18.0. The van der Waals surface area contributed by atoms with E-state index in [0.717, 1.165) is 29.0 Å². The molecule has 1 saturated heterocycles. The molecule has 0 saturated carbocycles. The zero-order chi connectivity index (χ0) is 20.8. The second-order valence-electron chi connectivity index (χ2n) is 7.37. The Morgan fingerprint density at radius 3 is 2.60 bits per heavy atom. The van der Waals surface area contributed by atoms with Crippen LogP contribution in [0.15, 0.2) is 59.0 Å². The number of aromatic nitrogens is 2. The second kappa shape index (κ2) is 9.96. The van der Waals surface area contributed by atoms with Crippen molar-refractivity contribution in [3.63, 3.8) is 0 Å². The zero-order valence-electron chi connectivity index (χ0n) is 17.2. The van der Waals surface area contributed by atoms with Crippen LogP contribution in [0.1, 0.15) is 42.0 Å². The van der Waals surface area contributed by atoms with E-state index in [4.69, 9.17) is 4.42 Å². The molecule has 4 rings (SSSR count). The number of hydrogen-bond acceptors (Lipinski definition) is 6. The first-order chi connectivity index (χ1) is 14.7. The maximum atomic E-state index is 10.3. The molecule has 1 atom stereocenters. The van der Waals surface area contributed by atoms with Gasteiger partial charge in [0.1, 0.15) is 11.0 Å². The largest absolute Gasteiger partial charge is 0.508 e. The van der Waals surface area contributed by atoms with Crippen molar-refractivity contribution in [2.24, 2.45) is 0 Å². The first-order valence-corrected chi connectivity index (χ1v) is 11.5. The van der Waals surface area contributed by atoms with Gasteiger partial charge in [-0.3, -0.25) is 4.90 Å². The molecule has 2 aromatic carbocycles. The van der Waals surface area contributed by atoms with Gasteiger partial charge in [0.15, 0.2) is 0 Å². The Bertz CT molecular complexity index is 978. The molecule has 6 heteroatoms. The highest BCUT2D eigenvalue weighted by atomic mass is 32.2. The number of nitrogens with zero attached hydrogens (tertiary/aromatic N) is 3. The van der Waals surface area contributed by atoms with Crippen molar-refractivity contribution < 1.29 is 9.52 Å². The Morgan fingerprint density at radius 1 is 1.10 bits per heavy atom. The number of phenols is 1. The van der Waals surface area contributed by atoms with Crippen LogP contribution < -0.4 is 0 Å². The lowest BCUT2D eigenvalue weighted by Gasteiger charge is -2.13. The quantitative estimate of drug-likeness (QED) is 0.526. The highest BCUT2D eigenvalue weighted by molar-refractivity contribution is 7.99. The van der Waals surface area contributed by atoms with Crippen molar-refractivity contribution in [3.8, 4) is 17.2 Å². The third kappa shape index (κ3) is 4.94. The molecule has 1 aliphatic heterocycles. The predicted octanol–water partition coefficient (Wildman–Crippen LogP) is 5.39. The second-order valence-corrected chi connectivity index (χ2v) is 8.75. The Labute approximate surface area is 181 Å². The van der Waals surface area contributed by atoms with Gasteiger partial charge < -0.3 is 9.52 Å². The molecule has 0 spiro atoms. The molecular weight excluding hydrogens is 394 g/mol. The van der Waals surface area contributed by atoms with Crippen molar-refractivity contribution in [1.29, 1.82) is 0 Å². The van der Waals surface area contributed by atoms with E-state index < -0.39 is 0 Å². The van der Waals surface area contributed by atoms with E-state index in [0.29, 0.717) is 11.8 Å². The van der Waals surface area contributed by atoms with Gasteiger partial charge >= 0.3 is 0 Å². The summed E-state index contributed by atoms with van der Waals surface area (Å²) in [5.41, 5.74) is 2.84. The van der Waals surface area contributed by atoms with Crippen LogP contribution in [0, 0.1) is 0 Å². The van der Waals surface area contributed by atoms with E-state index in [1.807, 2.05) is 30.3 Å². The summed E-state index contributed by atoms with van der Waals surface area (Å²) >= 11 is 1.66. The molecule has 5 nitrogen and oxygen atoms in total. The maximum absolute atomic E-state index is 10.3. The van der Waals surface area contributed by atoms with Crippen LogP contribution in [0.25, 0.3) is 17.5 Å². The Kier molecular flexibility index (Phi) is 6.87. The first kappa shape index (κ1) is 20.7. The van der Waals surface area contributed by atoms with Gasteiger partial charge in [-0.1, -0.05) is 49.4 Å². The summed E-state index contributed by atoms with van der Waals surface area (Å²) in [4.78, 5) is 2.47. The molecule has 0 amide bonds. The summed E-state index contributed by atoms with van der Waals surface area (Å²) in [6.07, 6.45) is 7.02. The van der Waals surface area contributed by atoms with Crippen LogP contribution >= 0.6 is 11.8 Å². The highest BCUT2D eigenvalue weighted by Gasteiger charge is 2.23. The maximum Gasteiger partial charge on any atom is 0.247 e. The summed E-state index contributed by atoms with van der Waals surface area (Å²) in [6, 6.07) is 15.5. The molecule has 1 unspecified atom stereocenters. The molecule has 0 bridgehead atoms. The smallest absolute Gasteiger partial charge is 0.247 e. The average Bonchev–Trinajstić information content (AvgIpc) is 3.46. The van der Waals surface area contributed by atoms with E-state index in [1.165, 1.54) is 25.9 Å². The fourth-order valence-corrected chi connectivity index (χ4v) is 4.62. The van der Waals surface area contributed by atoms with Crippen molar-refractivity contribution in [3.05, 3.63) is 71.6 Å². The van der Waals surface area contributed by atoms with Crippen LogP contribution in [0.3, 0.4) is 0 Å². The lowest BCUT2D eigenvalue weighted by atomic mass is 10.1. The van der Waals surface area contributed by atoms with Crippen LogP contribution in [0.2, 0.25) is 0 Å². The number of benzene rings is 2. The van der Waals surface area contributed by atoms with Gasteiger partial charge in [0, 0.05) is 17.7 Å². The van der Waals surface area contributed by atoms with Gasteiger partial charge in [-0.25, -0.2) is 0 Å². The minimum Gasteiger partial charge on any atom is -0.508 e. The molecule has 1 N–H and O–H groups in total. The Morgan fingerprint density at radius 2 is 1.87 bits per heavy atom. The number of aromatic hydroxyl groups is 1. The number of thioether (sulfide) groups is 1. The van der Waals surface area contributed by atoms with E-state index >= 15 is 0 Å². The molecule has 30 heavy (non-hydrogen) atoms. The molecule has 1 aliphatic rings. The Hall–Kier alpha value is -2.57. The van der Waals surface area contributed by atoms with Gasteiger partial charge in [-0.2, -0.15) is 0 Å². The van der Waals surface area contributed by atoms with Crippen LogP contribution in [0.4, 0.5) is 0 Å². The van der Waals surface area contributed by atoms with Crippen molar-refractivity contribution in [2.45, 2.75) is 25.0 Å². The highest BCUT2D eigenvalue weighted by Crippen LogP contribution is 2.39. The molecule has 0 radical (unpaired) electrons. The SMILES string of the molecule is CCSC(c1nnc(-c2ccc(C=CCN3CCCC3)cc2)o1)c1ccccc1O. The monoisotopic (exact) mass is 421 g/mol. The fourth-order valence-electron chi connectivity index (χ4n) is 3.67. The fraction of sp³-hybridized carbons (Fsp3) is 0.333. The van der Waals surface area contributed by atoms with Crippen molar-refractivity contribution >= 4 is 17.8 Å². The number of hydrogen-bond donors (Lipinski definition) is 1. The first-order valence-electron chi connectivity index (χ1n) is 10.5. The Balaban J connectivity index is 1.47. The number of rotatable bonds is 8. The lowest BCUT2D eigenvalue weighted by Crippen LogP contribution is -2.18. The van der Waals surface area contributed by atoms with Gasteiger partial charge in [-0.05, 0) is 55.4 Å². The van der Waals surface area contributed by atoms with Crippen LogP contribution in [-0.2, 0) is 0 Å². The van der Waals surface area contributed by atoms with E-state index in [-0.39, 0.29) is 11.0 Å². The summed E-state index contributed by atoms with van der Waals surface area (Å²) in [7, 11) is 0. The molecule has 2 heterocycles. The summed E-state index contributed by atoms with van der Waals surface area (Å²) in [5.74, 6) is 2.12. The topological polar surface area (TPSA) is 62.4 Å².